The zero-order valence-corrected chi connectivity index (χ0v) is 13.0. The highest BCUT2D eigenvalue weighted by Gasteiger charge is 2.20. The van der Waals surface area contributed by atoms with Crippen LogP contribution < -0.4 is 11.3 Å². The number of halogens is 1. The van der Waals surface area contributed by atoms with Crippen molar-refractivity contribution >= 4 is 22.9 Å². The van der Waals surface area contributed by atoms with Crippen molar-refractivity contribution in [3.63, 3.8) is 0 Å². The summed E-state index contributed by atoms with van der Waals surface area (Å²) in [5.41, 5.74) is 6.26. The van der Waals surface area contributed by atoms with Crippen LogP contribution in [0.25, 0.3) is 0 Å². The fraction of sp³-hybridized carbons (Fsp3) is 0.462. The Kier molecular flexibility index (Phi) is 4.62. The van der Waals surface area contributed by atoms with Crippen LogP contribution in [0.5, 0.6) is 0 Å². The minimum absolute atomic E-state index is 0.0790. The first kappa shape index (κ1) is 14.5. The average molecular weight is 299 g/mol. The van der Waals surface area contributed by atoms with Gasteiger partial charge >= 0.3 is 0 Å². The van der Waals surface area contributed by atoms with Crippen molar-refractivity contribution in [2.45, 2.75) is 32.7 Å². The number of aryl methyl sites for hydroxylation is 3. The summed E-state index contributed by atoms with van der Waals surface area (Å²) >= 11 is 8.02. The second-order valence-corrected chi connectivity index (χ2v) is 5.87. The highest BCUT2D eigenvalue weighted by molar-refractivity contribution is 7.10. The maximum Gasteiger partial charge on any atom is 0.130 e. The maximum atomic E-state index is 6.29. The van der Waals surface area contributed by atoms with Crippen LogP contribution in [0.15, 0.2) is 11.4 Å². The molecule has 0 saturated heterocycles. The molecule has 104 valence electrons. The number of hydrogen-bond donors (Lipinski definition) is 2. The summed E-state index contributed by atoms with van der Waals surface area (Å²) < 4.78 is 1.70. The Morgan fingerprint density at radius 2 is 2.32 bits per heavy atom. The van der Waals surface area contributed by atoms with E-state index in [9.17, 15) is 0 Å². The van der Waals surface area contributed by atoms with Crippen molar-refractivity contribution in [1.82, 2.24) is 15.2 Å². The van der Waals surface area contributed by atoms with Gasteiger partial charge < -0.3 is 0 Å². The Morgan fingerprint density at radius 3 is 2.84 bits per heavy atom. The summed E-state index contributed by atoms with van der Waals surface area (Å²) in [4.78, 5) is 1.28. The van der Waals surface area contributed by atoms with E-state index < -0.39 is 0 Å². The van der Waals surface area contributed by atoms with Gasteiger partial charge in [0.15, 0.2) is 0 Å². The molecule has 2 aromatic heterocycles. The first-order chi connectivity index (χ1) is 9.08. The summed E-state index contributed by atoms with van der Waals surface area (Å²) in [5, 5.41) is 7.14. The van der Waals surface area contributed by atoms with E-state index in [4.69, 9.17) is 17.4 Å². The number of aromatic nitrogens is 2. The minimum atomic E-state index is 0.0790. The molecule has 0 radical (unpaired) electrons. The Labute approximate surface area is 122 Å². The average Bonchev–Trinajstić information content (AvgIpc) is 2.95. The van der Waals surface area contributed by atoms with Crippen molar-refractivity contribution in [3.05, 3.63) is 38.3 Å². The minimum Gasteiger partial charge on any atom is -0.271 e. The molecule has 1 atom stereocenters. The molecule has 4 nitrogen and oxygen atoms in total. The van der Waals surface area contributed by atoms with Crippen molar-refractivity contribution in [3.8, 4) is 0 Å². The lowest BCUT2D eigenvalue weighted by molar-refractivity contribution is 0.556. The second-order valence-electron chi connectivity index (χ2n) is 4.57. The van der Waals surface area contributed by atoms with Crippen LogP contribution >= 0.6 is 22.9 Å². The summed E-state index contributed by atoms with van der Waals surface area (Å²) in [7, 11) is 1.85. The van der Waals surface area contributed by atoms with Gasteiger partial charge in [0.2, 0.25) is 0 Å². The van der Waals surface area contributed by atoms with E-state index in [0.29, 0.717) is 5.15 Å². The van der Waals surface area contributed by atoms with Crippen LogP contribution in [0.1, 0.15) is 34.7 Å². The molecule has 1 unspecified atom stereocenters. The third kappa shape index (κ3) is 2.84. The molecule has 6 heteroatoms. The fourth-order valence-electron chi connectivity index (χ4n) is 2.28. The molecule has 19 heavy (non-hydrogen) atoms. The number of nitrogens with two attached hydrogens (primary N) is 1. The standard InChI is InChI=1S/C13H19ClN4S/c1-4-9-5-6-19-12(9)11(16-15)7-10-8(2)17-18(3)13(10)14/h5-6,11,16H,4,7,15H2,1-3H3. The van der Waals surface area contributed by atoms with Crippen LogP contribution in [-0.4, -0.2) is 9.78 Å². The molecule has 3 N–H and O–H groups in total. The smallest absolute Gasteiger partial charge is 0.130 e. The predicted molar refractivity (Wildman–Crippen MR) is 80.4 cm³/mol. The van der Waals surface area contributed by atoms with Crippen LogP contribution in [0.4, 0.5) is 0 Å². The van der Waals surface area contributed by atoms with Gasteiger partial charge in [0.05, 0.1) is 11.7 Å². The molecule has 0 amide bonds. The van der Waals surface area contributed by atoms with E-state index in [1.165, 1.54) is 10.4 Å². The summed E-state index contributed by atoms with van der Waals surface area (Å²) in [6.45, 7) is 4.13. The quantitative estimate of drug-likeness (QED) is 0.659. The Morgan fingerprint density at radius 1 is 1.58 bits per heavy atom. The van der Waals surface area contributed by atoms with Gasteiger partial charge in [-0.1, -0.05) is 18.5 Å². The van der Waals surface area contributed by atoms with Crippen molar-refractivity contribution in [2.24, 2.45) is 12.9 Å². The van der Waals surface area contributed by atoms with Gasteiger partial charge in [-0.3, -0.25) is 16.0 Å². The van der Waals surface area contributed by atoms with Crippen LogP contribution in [-0.2, 0) is 19.9 Å². The van der Waals surface area contributed by atoms with Crippen molar-refractivity contribution < 1.29 is 0 Å². The molecule has 2 aromatic rings. The molecule has 0 spiro atoms. The van der Waals surface area contributed by atoms with E-state index in [1.807, 2.05) is 14.0 Å². The summed E-state index contributed by atoms with van der Waals surface area (Å²) in [6, 6.07) is 2.23. The summed E-state index contributed by atoms with van der Waals surface area (Å²) in [6.07, 6.45) is 1.76. The molecule has 0 aliphatic heterocycles. The number of thiophene rings is 1. The normalized spacial score (nSPS) is 12.9. The molecular formula is C13H19ClN4S. The van der Waals surface area contributed by atoms with Gasteiger partial charge in [-0.25, -0.2) is 0 Å². The first-order valence-corrected chi connectivity index (χ1v) is 7.54. The van der Waals surface area contributed by atoms with E-state index in [2.05, 4.69) is 28.9 Å². The Balaban J connectivity index is 2.29. The molecule has 0 saturated carbocycles. The molecule has 2 heterocycles. The number of hydrogen-bond acceptors (Lipinski definition) is 4. The Bertz CT molecular complexity index is 561. The van der Waals surface area contributed by atoms with Gasteiger partial charge in [-0.15, -0.1) is 11.3 Å². The SMILES string of the molecule is CCc1ccsc1C(Cc1c(C)nn(C)c1Cl)NN. The summed E-state index contributed by atoms with van der Waals surface area (Å²) in [5.74, 6) is 5.73. The lowest BCUT2D eigenvalue weighted by Crippen LogP contribution is -2.29. The topological polar surface area (TPSA) is 55.9 Å². The first-order valence-electron chi connectivity index (χ1n) is 6.28. The third-order valence-corrected chi connectivity index (χ3v) is 4.90. The fourth-order valence-corrected chi connectivity index (χ4v) is 3.59. The largest absolute Gasteiger partial charge is 0.271 e. The molecule has 0 fully saturated rings. The highest BCUT2D eigenvalue weighted by Crippen LogP contribution is 2.30. The number of rotatable bonds is 5. The molecule has 0 aliphatic rings. The number of hydrazine groups is 1. The Hall–Kier alpha value is -0.880. The van der Waals surface area contributed by atoms with Crippen LogP contribution in [0.3, 0.4) is 0 Å². The lowest BCUT2D eigenvalue weighted by Gasteiger charge is -2.16. The lowest BCUT2D eigenvalue weighted by atomic mass is 10.0. The third-order valence-electron chi connectivity index (χ3n) is 3.36. The zero-order valence-electron chi connectivity index (χ0n) is 11.4. The van der Waals surface area contributed by atoms with E-state index >= 15 is 0 Å². The number of nitrogens with zero attached hydrogens (tertiary/aromatic N) is 2. The molecule has 0 aromatic carbocycles. The van der Waals surface area contributed by atoms with Gasteiger partial charge in [-0.2, -0.15) is 5.10 Å². The van der Waals surface area contributed by atoms with E-state index in [-0.39, 0.29) is 6.04 Å². The molecule has 2 rings (SSSR count). The van der Waals surface area contributed by atoms with E-state index in [1.54, 1.807) is 16.0 Å². The van der Waals surface area contributed by atoms with Gasteiger partial charge in [0.1, 0.15) is 5.15 Å². The zero-order chi connectivity index (χ0) is 14.0. The molecular weight excluding hydrogens is 280 g/mol. The molecule has 0 aliphatic carbocycles. The second kappa shape index (κ2) is 6.05. The van der Waals surface area contributed by atoms with Gasteiger partial charge in [-0.05, 0) is 36.8 Å². The van der Waals surface area contributed by atoms with Crippen LogP contribution in [0.2, 0.25) is 5.15 Å². The maximum absolute atomic E-state index is 6.29. The van der Waals surface area contributed by atoms with Gasteiger partial charge in [0.25, 0.3) is 0 Å². The monoisotopic (exact) mass is 298 g/mol. The molecule has 0 bridgehead atoms. The predicted octanol–water partition coefficient (Wildman–Crippen LogP) is 2.75. The van der Waals surface area contributed by atoms with Gasteiger partial charge in [0, 0.05) is 17.5 Å². The van der Waals surface area contributed by atoms with E-state index in [0.717, 1.165) is 24.1 Å². The van der Waals surface area contributed by atoms with Crippen molar-refractivity contribution in [1.29, 1.82) is 0 Å². The number of nitrogens with one attached hydrogen (secondary N) is 1. The van der Waals surface area contributed by atoms with Crippen LogP contribution in [0, 0.1) is 6.92 Å². The van der Waals surface area contributed by atoms with Crippen molar-refractivity contribution in [2.75, 3.05) is 0 Å². The highest BCUT2D eigenvalue weighted by atomic mass is 35.5.